The Labute approximate surface area is 89.1 Å². The number of nitrogens with two attached hydrogens (primary N) is 1. The molecule has 0 aliphatic heterocycles. The first-order valence-corrected chi connectivity index (χ1v) is 4.94. The molecule has 82 valence electrons. The van der Waals surface area contributed by atoms with Gasteiger partial charge < -0.3 is 16.4 Å². The number of nitrogens with zero attached hydrogens (tertiary/aromatic N) is 1. The Kier molecular flexibility index (Phi) is 4.56. The monoisotopic (exact) mass is 208 g/mol. The van der Waals surface area contributed by atoms with Crippen LogP contribution < -0.4 is 16.4 Å². The molecule has 0 fully saturated rings. The number of rotatable bonds is 5. The third-order valence-corrected chi connectivity index (χ3v) is 1.89. The minimum atomic E-state index is -0.125. The summed E-state index contributed by atoms with van der Waals surface area (Å²) in [4.78, 5) is 15.3. The van der Waals surface area contributed by atoms with E-state index in [2.05, 4.69) is 15.6 Å². The fourth-order valence-corrected chi connectivity index (χ4v) is 1.08. The molecule has 4 N–H and O–H groups in total. The summed E-state index contributed by atoms with van der Waals surface area (Å²) in [6, 6.07) is 3.27. The number of anilines is 1. The third-order valence-electron chi connectivity index (χ3n) is 1.89. The predicted octanol–water partition coefficient (Wildman–Crippen LogP) is 0.00310. The molecule has 1 heterocycles. The second-order valence-corrected chi connectivity index (χ2v) is 3.08. The van der Waals surface area contributed by atoms with Crippen molar-refractivity contribution in [3.8, 4) is 0 Å². The first-order chi connectivity index (χ1) is 7.24. The summed E-state index contributed by atoms with van der Waals surface area (Å²) in [5.41, 5.74) is 5.94. The minimum Gasteiger partial charge on any atom is -0.384 e. The van der Waals surface area contributed by atoms with Crippen LogP contribution in [0, 0.1) is 0 Å². The molecular weight excluding hydrogens is 192 g/mol. The van der Waals surface area contributed by atoms with E-state index < -0.39 is 0 Å². The molecule has 0 saturated carbocycles. The van der Waals surface area contributed by atoms with Gasteiger partial charge >= 0.3 is 0 Å². The summed E-state index contributed by atoms with van der Waals surface area (Å²) in [5, 5.41) is 5.88. The normalized spacial score (nSPS) is 9.93. The highest BCUT2D eigenvalue weighted by Crippen LogP contribution is 2.00. The molecule has 0 unspecified atom stereocenters. The average molecular weight is 208 g/mol. The molecule has 0 saturated heterocycles. The lowest BCUT2D eigenvalue weighted by Crippen LogP contribution is -2.31. The Hall–Kier alpha value is -1.62. The molecule has 5 nitrogen and oxygen atoms in total. The number of hydrogen-bond donors (Lipinski definition) is 3. The highest BCUT2D eigenvalue weighted by molar-refractivity contribution is 5.93. The number of nitrogens with one attached hydrogen (secondary N) is 2. The van der Waals surface area contributed by atoms with Crippen molar-refractivity contribution in [2.75, 3.05) is 25.4 Å². The summed E-state index contributed by atoms with van der Waals surface area (Å²) < 4.78 is 0. The molecule has 1 aromatic heterocycles. The highest BCUT2D eigenvalue weighted by atomic mass is 16.1. The van der Waals surface area contributed by atoms with Crippen molar-refractivity contribution in [2.24, 2.45) is 0 Å². The van der Waals surface area contributed by atoms with Gasteiger partial charge in [-0.1, -0.05) is 6.92 Å². The summed E-state index contributed by atoms with van der Waals surface area (Å²) in [7, 11) is 0. The SMILES string of the molecule is CCNCCNC(=O)c1ccc(N)nc1. The lowest BCUT2D eigenvalue weighted by molar-refractivity contribution is 0.0953. The van der Waals surface area contributed by atoms with Crippen molar-refractivity contribution in [3.05, 3.63) is 23.9 Å². The summed E-state index contributed by atoms with van der Waals surface area (Å²) in [6.45, 7) is 4.30. The Morgan fingerprint density at radius 2 is 2.27 bits per heavy atom. The van der Waals surface area contributed by atoms with Crippen LogP contribution in [0.4, 0.5) is 5.82 Å². The van der Waals surface area contributed by atoms with E-state index in [-0.39, 0.29) is 5.91 Å². The van der Waals surface area contributed by atoms with Crippen molar-refractivity contribution in [2.45, 2.75) is 6.92 Å². The number of likely N-dealkylation sites (N-methyl/N-ethyl adjacent to an activating group) is 1. The quantitative estimate of drug-likeness (QED) is 0.595. The standard InChI is InChI=1S/C10H16N4O/c1-2-12-5-6-13-10(15)8-3-4-9(11)14-7-8/h3-4,7,12H,2,5-6H2,1H3,(H2,11,14)(H,13,15). The van der Waals surface area contributed by atoms with Gasteiger partial charge in [0.05, 0.1) is 5.56 Å². The van der Waals surface area contributed by atoms with Gasteiger partial charge in [0, 0.05) is 19.3 Å². The Morgan fingerprint density at radius 1 is 1.47 bits per heavy atom. The zero-order chi connectivity index (χ0) is 11.1. The maximum atomic E-state index is 11.5. The van der Waals surface area contributed by atoms with Gasteiger partial charge in [0.15, 0.2) is 0 Å². The van der Waals surface area contributed by atoms with Gasteiger partial charge in [0.25, 0.3) is 5.91 Å². The molecule has 5 heteroatoms. The van der Waals surface area contributed by atoms with Gasteiger partial charge in [0.2, 0.25) is 0 Å². The van der Waals surface area contributed by atoms with Crippen molar-refractivity contribution in [1.29, 1.82) is 0 Å². The molecule has 0 aliphatic rings. The van der Waals surface area contributed by atoms with Crippen LogP contribution in [0.15, 0.2) is 18.3 Å². The third kappa shape index (κ3) is 3.95. The maximum Gasteiger partial charge on any atom is 0.252 e. The fourth-order valence-electron chi connectivity index (χ4n) is 1.08. The number of pyridine rings is 1. The van der Waals surface area contributed by atoms with Crippen molar-refractivity contribution >= 4 is 11.7 Å². The Bertz CT molecular complexity index is 310. The molecule has 15 heavy (non-hydrogen) atoms. The molecule has 0 radical (unpaired) electrons. The van der Waals surface area contributed by atoms with E-state index in [1.54, 1.807) is 12.1 Å². The molecule has 0 aliphatic carbocycles. The second-order valence-electron chi connectivity index (χ2n) is 3.08. The van der Waals surface area contributed by atoms with Crippen LogP contribution in [0.3, 0.4) is 0 Å². The topological polar surface area (TPSA) is 80.0 Å². The van der Waals surface area contributed by atoms with Crippen molar-refractivity contribution in [3.63, 3.8) is 0 Å². The number of amides is 1. The van der Waals surface area contributed by atoms with E-state index >= 15 is 0 Å². The van der Waals surface area contributed by atoms with Gasteiger partial charge in [-0.2, -0.15) is 0 Å². The van der Waals surface area contributed by atoms with Crippen molar-refractivity contribution < 1.29 is 4.79 Å². The van der Waals surface area contributed by atoms with Crippen molar-refractivity contribution in [1.82, 2.24) is 15.6 Å². The van der Waals surface area contributed by atoms with Gasteiger partial charge in [-0.25, -0.2) is 4.98 Å². The van der Waals surface area contributed by atoms with E-state index in [1.165, 1.54) is 6.20 Å². The molecule has 1 aromatic rings. The predicted molar refractivity (Wildman–Crippen MR) is 59.5 cm³/mol. The van der Waals surface area contributed by atoms with Gasteiger partial charge in [0.1, 0.15) is 5.82 Å². The largest absolute Gasteiger partial charge is 0.384 e. The summed E-state index contributed by atoms with van der Waals surface area (Å²) in [5.74, 6) is 0.291. The Balaban J connectivity index is 2.37. The molecular formula is C10H16N4O. The zero-order valence-corrected chi connectivity index (χ0v) is 8.79. The van der Waals surface area contributed by atoms with E-state index in [0.717, 1.165) is 13.1 Å². The number of aromatic nitrogens is 1. The smallest absolute Gasteiger partial charge is 0.252 e. The second kappa shape index (κ2) is 5.98. The first-order valence-electron chi connectivity index (χ1n) is 4.94. The zero-order valence-electron chi connectivity index (χ0n) is 8.79. The molecule has 0 atom stereocenters. The van der Waals surface area contributed by atoms with Crippen LogP contribution in [-0.4, -0.2) is 30.5 Å². The number of hydrogen-bond acceptors (Lipinski definition) is 4. The fraction of sp³-hybridized carbons (Fsp3) is 0.400. The van der Waals surface area contributed by atoms with Crippen LogP contribution >= 0.6 is 0 Å². The van der Waals surface area contributed by atoms with Crippen LogP contribution in [-0.2, 0) is 0 Å². The highest BCUT2D eigenvalue weighted by Gasteiger charge is 2.03. The van der Waals surface area contributed by atoms with Crippen LogP contribution in [0.1, 0.15) is 17.3 Å². The molecule has 1 rings (SSSR count). The maximum absolute atomic E-state index is 11.5. The van der Waals surface area contributed by atoms with Crippen LogP contribution in [0.5, 0.6) is 0 Å². The number of carbonyl (C=O) groups excluding carboxylic acids is 1. The molecule has 0 aromatic carbocycles. The Morgan fingerprint density at radius 3 is 2.87 bits per heavy atom. The van der Waals surface area contributed by atoms with Gasteiger partial charge in [-0.15, -0.1) is 0 Å². The van der Waals surface area contributed by atoms with Gasteiger partial charge in [-0.05, 0) is 18.7 Å². The van der Waals surface area contributed by atoms with E-state index in [1.807, 2.05) is 6.92 Å². The van der Waals surface area contributed by atoms with E-state index in [4.69, 9.17) is 5.73 Å². The van der Waals surface area contributed by atoms with Crippen LogP contribution in [0.25, 0.3) is 0 Å². The van der Waals surface area contributed by atoms with E-state index in [0.29, 0.717) is 17.9 Å². The summed E-state index contributed by atoms with van der Waals surface area (Å²) in [6.07, 6.45) is 1.47. The average Bonchev–Trinajstić information content (AvgIpc) is 2.25. The first kappa shape index (κ1) is 11.5. The number of nitrogen functional groups attached to an aromatic ring is 1. The van der Waals surface area contributed by atoms with Crippen LogP contribution in [0.2, 0.25) is 0 Å². The molecule has 0 spiro atoms. The minimum absolute atomic E-state index is 0.125. The lowest BCUT2D eigenvalue weighted by Gasteiger charge is -2.05. The number of carbonyl (C=O) groups is 1. The summed E-state index contributed by atoms with van der Waals surface area (Å²) >= 11 is 0. The van der Waals surface area contributed by atoms with Gasteiger partial charge in [-0.3, -0.25) is 4.79 Å². The molecule has 0 bridgehead atoms. The molecule has 1 amide bonds. The lowest BCUT2D eigenvalue weighted by atomic mass is 10.2. The van der Waals surface area contributed by atoms with E-state index in [9.17, 15) is 4.79 Å².